The summed E-state index contributed by atoms with van der Waals surface area (Å²) in [7, 11) is 0. The van der Waals surface area contributed by atoms with Crippen LogP contribution in [0.15, 0.2) is 18.5 Å². The molecule has 2 N–H and O–H groups in total. The van der Waals surface area contributed by atoms with Gasteiger partial charge in [-0.1, -0.05) is 0 Å². The van der Waals surface area contributed by atoms with E-state index in [0.29, 0.717) is 36.7 Å². The summed E-state index contributed by atoms with van der Waals surface area (Å²) in [4.78, 5) is 16.4. The minimum Gasteiger partial charge on any atom is -0.428 e. The predicted molar refractivity (Wildman–Crippen MR) is 103 cm³/mol. The number of carbonyl (C=O) groups excluding carboxylic acids is 1. The van der Waals surface area contributed by atoms with Gasteiger partial charge in [0.05, 0.1) is 18.9 Å². The molecule has 6 atom stereocenters. The van der Waals surface area contributed by atoms with E-state index in [-0.39, 0.29) is 6.10 Å². The zero-order valence-corrected chi connectivity index (χ0v) is 17.4. The fraction of sp³-hybridized carbons (Fsp3) is 0.600. The number of carbonyl (C=O) groups is 1. The summed E-state index contributed by atoms with van der Waals surface area (Å²) in [6.07, 6.45) is -1.81. The van der Waals surface area contributed by atoms with Crippen molar-refractivity contribution in [2.24, 2.45) is 0 Å². The van der Waals surface area contributed by atoms with Gasteiger partial charge in [0.15, 0.2) is 23.3 Å². The van der Waals surface area contributed by atoms with Gasteiger partial charge < -0.3 is 34.2 Å². The van der Waals surface area contributed by atoms with Crippen LogP contribution in [0.2, 0.25) is 0 Å². The minimum atomic E-state index is -1.55. The molecule has 168 valence electrons. The van der Waals surface area contributed by atoms with E-state index in [9.17, 15) is 10.1 Å². The van der Waals surface area contributed by atoms with Crippen LogP contribution < -0.4 is 5.73 Å². The highest BCUT2D eigenvalue weighted by Crippen LogP contribution is 2.71. The fourth-order valence-corrected chi connectivity index (χ4v) is 5.10. The minimum absolute atomic E-state index is 0.308. The Hall–Kier alpha value is -2.98. The van der Waals surface area contributed by atoms with E-state index in [1.165, 1.54) is 6.33 Å². The normalized spacial score (nSPS) is 38.8. The first kappa shape index (κ1) is 19.7. The van der Waals surface area contributed by atoms with Crippen molar-refractivity contribution in [3.63, 3.8) is 0 Å². The maximum Gasteiger partial charge on any atom is 0.509 e. The van der Waals surface area contributed by atoms with Crippen LogP contribution in [0.4, 0.5) is 10.6 Å². The van der Waals surface area contributed by atoms with Gasteiger partial charge in [0.2, 0.25) is 5.60 Å². The van der Waals surface area contributed by atoms with Crippen molar-refractivity contribution < 1.29 is 33.2 Å². The average Bonchev–Trinajstić information content (AvgIpc) is 3.32. The van der Waals surface area contributed by atoms with Gasteiger partial charge >= 0.3 is 6.16 Å². The van der Waals surface area contributed by atoms with Crippen molar-refractivity contribution in [2.45, 2.75) is 61.7 Å². The Balaban J connectivity index is 1.33. The first-order chi connectivity index (χ1) is 15.3. The molecule has 12 nitrogen and oxygen atoms in total. The highest BCUT2D eigenvalue weighted by Gasteiger charge is 2.96. The standard InChI is InChI=1S/C20H21N5O7/c1-18(2)31-14-13(11-3-4-12-15(22)23-9-24-25(11)12)30-19(8-21)16(20(14,19)32-18)29-17(26)28-10-5-6-27-7-10/h3-4,9-10,13-14,16H,5-7H2,1-2H3,(H2,22,23,24)/t10-,13+,14+,16?,19-,20-/m1/s1. The highest BCUT2D eigenvalue weighted by atomic mass is 16.8. The van der Waals surface area contributed by atoms with E-state index in [1.807, 2.05) is 0 Å². The number of nitrogen functional groups attached to an aromatic ring is 1. The Kier molecular flexibility index (Phi) is 3.87. The van der Waals surface area contributed by atoms with Crippen LogP contribution in [0, 0.1) is 11.3 Å². The van der Waals surface area contributed by atoms with Gasteiger partial charge in [0.25, 0.3) is 0 Å². The van der Waals surface area contributed by atoms with E-state index in [2.05, 4.69) is 16.2 Å². The molecule has 3 saturated heterocycles. The Morgan fingerprint density at radius 1 is 1.34 bits per heavy atom. The molecule has 0 amide bonds. The Labute approximate surface area is 182 Å². The largest absolute Gasteiger partial charge is 0.509 e. The number of fused-ring (bicyclic) bond motifs is 1. The van der Waals surface area contributed by atoms with Crippen LogP contribution >= 0.6 is 0 Å². The molecule has 0 bridgehead atoms. The SMILES string of the molecule is CC1(C)O[C@H]2[C@H](c3ccc4c(N)ncnn34)O[C@]3(C#N)C(OC(=O)O[C@@H]4CCOC4)[C@]23O1. The molecule has 5 heterocycles. The van der Waals surface area contributed by atoms with Gasteiger partial charge in [-0.3, -0.25) is 0 Å². The van der Waals surface area contributed by atoms with Crippen molar-refractivity contribution in [2.75, 3.05) is 18.9 Å². The molecule has 1 saturated carbocycles. The van der Waals surface area contributed by atoms with Crippen LogP contribution in [-0.4, -0.2) is 69.3 Å². The summed E-state index contributed by atoms with van der Waals surface area (Å²) in [6, 6.07) is 5.71. The number of hydrogen-bond donors (Lipinski definition) is 1. The number of aromatic nitrogens is 3. The Bertz CT molecular complexity index is 1150. The summed E-state index contributed by atoms with van der Waals surface area (Å²) < 4.78 is 36.2. The summed E-state index contributed by atoms with van der Waals surface area (Å²) in [5.74, 6) is -0.722. The van der Waals surface area contributed by atoms with Gasteiger partial charge in [-0.2, -0.15) is 10.4 Å². The van der Waals surface area contributed by atoms with Crippen LogP contribution in [0.3, 0.4) is 0 Å². The molecule has 12 heteroatoms. The highest BCUT2D eigenvalue weighted by molar-refractivity contribution is 5.66. The Morgan fingerprint density at radius 2 is 2.19 bits per heavy atom. The number of nitrogens with zero attached hydrogens (tertiary/aromatic N) is 4. The van der Waals surface area contributed by atoms with Crippen LogP contribution in [0.25, 0.3) is 5.52 Å². The summed E-state index contributed by atoms with van der Waals surface area (Å²) >= 11 is 0. The first-order valence-corrected chi connectivity index (χ1v) is 10.3. The smallest absolute Gasteiger partial charge is 0.428 e. The molecular weight excluding hydrogens is 422 g/mol. The average molecular weight is 443 g/mol. The maximum atomic E-state index is 12.4. The van der Waals surface area contributed by atoms with Gasteiger partial charge in [-0.15, -0.1) is 0 Å². The number of hydrogen-bond acceptors (Lipinski definition) is 11. The third-order valence-corrected chi connectivity index (χ3v) is 6.43. The van der Waals surface area contributed by atoms with Crippen molar-refractivity contribution in [1.82, 2.24) is 14.6 Å². The second-order valence-electron chi connectivity index (χ2n) is 8.77. The lowest BCUT2D eigenvalue weighted by molar-refractivity contribution is -0.182. The third-order valence-electron chi connectivity index (χ3n) is 6.43. The fourth-order valence-electron chi connectivity index (χ4n) is 5.10. The van der Waals surface area contributed by atoms with Gasteiger partial charge in [0, 0.05) is 6.42 Å². The van der Waals surface area contributed by atoms with Crippen LogP contribution in [0.1, 0.15) is 32.1 Å². The lowest BCUT2D eigenvalue weighted by atomic mass is 10.0. The van der Waals surface area contributed by atoms with Crippen molar-refractivity contribution in [3.8, 4) is 6.07 Å². The van der Waals surface area contributed by atoms with Gasteiger partial charge in [0.1, 0.15) is 36.2 Å². The summed E-state index contributed by atoms with van der Waals surface area (Å²) in [6.45, 7) is 4.30. The second-order valence-corrected chi connectivity index (χ2v) is 8.77. The molecule has 2 aromatic rings. The quantitative estimate of drug-likeness (QED) is 0.672. The van der Waals surface area contributed by atoms with E-state index in [4.69, 9.17) is 34.2 Å². The molecule has 2 aromatic heterocycles. The van der Waals surface area contributed by atoms with Crippen LogP contribution in [-0.2, 0) is 28.4 Å². The number of anilines is 1. The van der Waals surface area contributed by atoms with Crippen LogP contribution in [0.5, 0.6) is 0 Å². The van der Waals surface area contributed by atoms with Gasteiger partial charge in [-0.25, -0.2) is 14.3 Å². The first-order valence-electron chi connectivity index (χ1n) is 10.3. The monoisotopic (exact) mass is 443 g/mol. The molecule has 32 heavy (non-hydrogen) atoms. The second kappa shape index (κ2) is 6.29. The zero-order valence-electron chi connectivity index (χ0n) is 17.4. The van der Waals surface area contributed by atoms with E-state index >= 15 is 0 Å². The molecule has 0 aromatic carbocycles. The van der Waals surface area contributed by atoms with E-state index in [1.54, 1.807) is 30.5 Å². The molecule has 1 unspecified atom stereocenters. The zero-order chi connectivity index (χ0) is 22.3. The summed E-state index contributed by atoms with van der Waals surface area (Å²) in [5.41, 5.74) is 4.31. The van der Waals surface area contributed by atoms with Crippen molar-refractivity contribution in [1.29, 1.82) is 5.26 Å². The van der Waals surface area contributed by atoms with Gasteiger partial charge in [-0.05, 0) is 26.0 Å². The molecule has 1 aliphatic carbocycles. The number of ether oxygens (including phenoxy) is 6. The summed E-state index contributed by atoms with van der Waals surface area (Å²) in [5, 5.41) is 14.4. The maximum absolute atomic E-state index is 12.4. The Morgan fingerprint density at radius 3 is 2.94 bits per heavy atom. The number of nitrogens with two attached hydrogens (primary N) is 1. The number of rotatable bonds is 3. The lowest BCUT2D eigenvalue weighted by Crippen LogP contribution is -2.34. The van der Waals surface area contributed by atoms with E-state index < -0.39 is 41.5 Å². The third kappa shape index (κ3) is 2.42. The van der Waals surface area contributed by atoms with Crippen molar-refractivity contribution >= 4 is 17.5 Å². The molecule has 3 aliphatic heterocycles. The molecule has 4 aliphatic rings. The molecule has 4 fully saturated rings. The molecule has 6 rings (SSSR count). The molecular formula is C20H21N5O7. The van der Waals surface area contributed by atoms with E-state index in [0.717, 1.165) is 0 Å². The topological polar surface area (TPSA) is 152 Å². The molecule has 0 radical (unpaired) electrons. The molecule has 1 spiro atoms. The van der Waals surface area contributed by atoms with Crippen molar-refractivity contribution in [3.05, 3.63) is 24.2 Å². The predicted octanol–water partition coefficient (Wildman–Crippen LogP) is 0.860. The lowest BCUT2D eigenvalue weighted by Gasteiger charge is -2.24. The number of nitriles is 1.